The molecule has 6 nitrogen and oxygen atoms in total. The second kappa shape index (κ2) is 11.0. The van der Waals surface area contributed by atoms with Gasteiger partial charge in [-0.25, -0.2) is 4.79 Å². The Balaban J connectivity index is 1.32. The van der Waals surface area contributed by atoms with Gasteiger partial charge in [0.25, 0.3) is 0 Å². The highest BCUT2D eigenvalue weighted by Crippen LogP contribution is 2.22. The van der Waals surface area contributed by atoms with Gasteiger partial charge in [0.1, 0.15) is 6.61 Å². The average Bonchev–Trinajstić information content (AvgIpc) is 2.88. The summed E-state index contributed by atoms with van der Waals surface area (Å²) in [6.45, 7) is 1.50. The van der Waals surface area contributed by atoms with Gasteiger partial charge in [-0.2, -0.15) is 5.26 Å². The van der Waals surface area contributed by atoms with Gasteiger partial charge in [-0.1, -0.05) is 78.0 Å². The highest BCUT2D eigenvalue weighted by Gasteiger charge is 2.24. The summed E-state index contributed by atoms with van der Waals surface area (Å²) < 4.78 is 0. The number of carbonyl (C=O) groups excluding carboxylic acids is 1. The summed E-state index contributed by atoms with van der Waals surface area (Å²) in [5.41, 5.74) is 4.55. The molecule has 1 aliphatic rings. The summed E-state index contributed by atoms with van der Waals surface area (Å²) in [5, 5.41) is 16.4. The lowest BCUT2D eigenvalue weighted by molar-refractivity contribution is 0.127. The van der Waals surface area contributed by atoms with Gasteiger partial charge in [0.05, 0.1) is 23.4 Å². The number of rotatable bonds is 6. The lowest BCUT2D eigenvalue weighted by atomic mass is 9.99. The van der Waals surface area contributed by atoms with Gasteiger partial charge >= 0.3 is 6.03 Å². The average molecular weight is 439 g/mol. The molecule has 33 heavy (non-hydrogen) atoms. The molecule has 0 aromatic heterocycles. The molecule has 0 radical (unpaired) electrons. The first-order valence-electron chi connectivity index (χ1n) is 11.0. The number of amides is 2. The van der Waals surface area contributed by atoms with Gasteiger partial charge < -0.3 is 15.1 Å². The van der Waals surface area contributed by atoms with E-state index in [0.29, 0.717) is 38.1 Å². The van der Waals surface area contributed by atoms with Gasteiger partial charge in [-0.15, -0.1) is 0 Å². The van der Waals surface area contributed by atoms with Crippen LogP contribution < -0.4 is 5.32 Å². The van der Waals surface area contributed by atoms with Crippen LogP contribution in [0.4, 0.5) is 4.79 Å². The first-order valence-corrected chi connectivity index (χ1v) is 11.0. The van der Waals surface area contributed by atoms with E-state index in [1.807, 2.05) is 77.7 Å². The van der Waals surface area contributed by atoms with E-state index in [1.165, 1.54) is 0 Å². The Hall–Kier alpha value is -4.11. The van der Waals surface area contributed by atoms with Gasteiger partial charge in [0, 0.05) is 25.9 Å². The van der Waals surface area contributed by atoms with Crippen LogP contribution in [0.3, 0.4) is 0 Å². The fraction of sp³-hybridized carbons (Fsp3) is 0.222. The highest BCUT2D eigenvalue weighted by atomic mass is 16.6. The molecule has 1 fully saturated rings. The molecule has 4 rings (SSSR count). The topological polar surface area (TPSA) is 77.7 Å². The maximum absolute atomic E-state index is 13.0. The number of urea groups is 1. The van der Waals surface area contributed by atoms with Gasteiger partial charge in [0.15, 0.2) is 0 Å². The fourth-order valence-electron chi connectivity index (χ4n) is 3.85. The standard InChI is InChI=1S/C27H26N4O2/c28-19-21-8-7-9-22(18-21)20-33-30-25-14-16-31(17-15-25)27(32)29-26(23-10-3-1-4-11-23)24-12-5-2-6-13-24/h1-13,18,26H,14-17,20H2,(H,29,32). The third-order valence-corrected chi connectivity index (χ3v) is 5.64. The zero-order valence-corrected chi connectivity index (χ0v) is 18.4. The number of oxime groups is 1. The third-order valence-electron chi connectivity index (χ3n) is 5.64. The van der Waals surface area contributed by atoms with Crippen LogP contribution in [0.25, 0.3) is 0 Å². The molecular weight excluding hydrogens is 412 g/mol. The van der Waals surface area contributed by atoms with Crippen molar-refractivity contribution >= 4 is 11.7 Å². The number of carbonyl (C=O) groups is 1. The monoisotopic (exact) mass is 438 g/mol. The number of likely N-dealkylation sites (tertiary alicyclic amines) is 1. The van der Waals surface area contributed by atoms with Crippen molar-refractivity contribution in [1.82, 2.24) is 10.2 Å². The molecule has 0 atom stereocenters. The Morgan fingerprint density at radius 1 is 0.970 bits per heavy atom. The fourth-order valence-corrected chi connectivity index (χ4v) is 3.85. The van der Waals surface area contributed by atoms with Crippen LogP contribution in [0, 0.1) is 11.3 Å². The largest absolute Gasteiger partial charge is 0.391 e. The van der Waals surface area contributed by atoms with Crippen molar-refractivity contribution in [2.24, 2.45) is 5.16 Å². The molecule has 2 amide bonds. The van der Waals surface area contributed by atoms with E-state index in [4.69, 9.17) is 10.1 Å². The lowest BCUT2D eigenvalue weighted by Gasteiger charge is -2.30. The van der Waals surface area contributed by atoms with Crippen molar-refractivity contribution in [3.8, 4) is 6.07 Å². The minimum absolute atomic E-state index is 0.0824. The summed E-state index contributed by atoms with van der Waals surface area (Å²) in [7, 11) is 0. The molecule has 1 saturated heterocycles. The minimum atomic E-state index is -0.206. The quantitative estimate of drug-likeness (QED) is 0.549. The predicted octanol–water partition coefficient (Wildman–Crippen LogP) is 5.03. The van der Waals surface area contributed by atoms with Crippen molar-refractivity contribution in [3.05, 3.63) is 107 Å². The Bertz CT molecular complexity index is 1090. The van der Waals surface area contributed by atoms with Crippen LogP contribution in [0.15, 0.2) is 90.1 Å². The van der Waals surface area contributed by atoms with E-state index >= 15 is 0 Å². The van der Waals surface area contributed by atoms with Crippen LogP contribution in [0.5, 0.6) is 0 Å². The molecule has 1 aliphatic heterocycles. The van der Waals surface area contributed by atoms with Crippen molar-refractivity contribution in [1.29, 1.82) is 5.26 Å². The summed E-state index contributed by atoms with van der Waals surface area (Å²) in [6, 6.07) is 29.1. The zero-order chi connectivity index (χ0) is 22.9. The Morgan fingerprint density at radius 2 is 1.61 bits per heavy atom. The second-order valence-electron chi connectivity index (χ2n) is 7.93. The number of benzene rings is 3. The first kappa shape index (κ1) is 22.1. The van der Waals surface area contributed by atoms with Crippen molar-refractivity contribution < 1.29 is 9.63 Å². The van der Waals surface area contributed by atoms with Crippen LogP contribution in [-0.4, -0.2) is 29.7 Å². The summed E-state index contributed by atoms with van der Waals surface area (Å²) in [6.07, 6.45) is 1.35. The van der Waals surface area contributed by atoms with Crippen molar-refractivity contribution in [2.45, 2.75) is 25.5 Å². The smallest absolute Gasteiger partial charge is 0.318 e. The maximum atomic E-state index is 13.0. The van der Waals surface area contributed by atoms with Crippen LogP contribution >= 0.6 is 0 Å². The van der Waals surface area contributed by atoms with Crippen molar-refractivity contribution in [2.75, 3.05) is 13.1 Å². The molecule has 0 unspecified atom stereocenters. The van der Waals surface area contributed by atoms with E-state index in [9.17, 15) is 4.79 Å². The summed E-state index contributed by atoms with van der Waals surface area (Å²) >= 11 is 0. The number of nitrogens with zero attached hydrogens (tertiary/aromatic N) is 3. The molecule has 0 spiro atoms. The highest BCUT2D eigenvalue weighted by molar-refractivity contribution is 5.87. The summed E-state index contributed by atoms with van der Waals surface area (Å²) in [5.74, 6) is 0. The van der Waals surface area contributed by atoms with E-state index in [0.717, 1.165) is 22.4 Å². The Labute approximate surface area is 194 Å². The molecule has 0 bridgehead atoms. The molecule has 0 saturated carbocycles. The predicted molar refractivity (Wildman–Crippen MR) is 127 cm³/mol. The van der Waals surface area contributed by atoms with E-state index in [-0.39, 0.29) is 12.1 Å². The molecular formula is C27H26N4O2. The van der Waals surface area contributed by atoms with E-state index < -0.39 is 0 Å². The number of hydrogen-bond donors (Lipinski definition) is 1. The molecule has 1 heterocycles. The molecule has 1 N–H and O–H groups in total. The molecule has 3 aromatic rings. The molecule has 0 aliphatic carbocycles. The van der Waals surface area contributed by atoms with Gasteiger partial charge in [-0.3, -0.25) is 0 Å². The van der Waals surface area contributed by atoms with E-state index in [1.54, 1.807) is 12.1 Å². The molecule has 6 heteroatoms. The number of piperidine rings is 1. The maximum Gasteiger partial charge on any atom is 0.318 e. The van der Waals surface area contributed by atoms with Crippen LogP contribution in [0.1, 0.15) is 41.1 Å². The minimum Gasteiger partial charge on any atom is -0.391 e. The number of nitrogens with one attached hydrogen (secondary N) is 1. The molecule has 166 valence electrons. The second-order valence-corrected chi connectivity index (χ2v) is 7.93. The number of nitriles is 1. The number of hydrogen-bond acceptors (Lipinski definition) is 4. The van der Waals surface area contributed by atoms with Crippen LogP contribution in [-0.2, 0) is 11.4 Å². The zero-order valence-electron chi connectivity index (χ0n) is 18.4. The van der Waals surface area contributed by atoms with Gasteiger partial charge in [-0.05, 0) is 28.8 Å². The summed E-state index contributed by atoms with van der Waals surface area (Å²) in [4.78, 5) is 20.4. The Kier molecular flexibility index (Phi) is 7.34. The first-order chi connectivity index (χ1) is 16.2. The van der Waals surface area contributed by atoms with Gasteiger partial charge in [0.2, 0.25) is 0 Å². The van der Waals surface area contributed by atoms with Crippen molar-refractivity contribution in [3.63, 3.8) is 0 Å². The Morgan fingerprint density at radius 3 is 2.21 bits per heavy atom. The third kappa shape index (κ3) is 5.98. The van der Waals surface area contributed by atoms with E-state index in [2.05, 4.69) is 16.5 Å². The lowest BCUT2D eigenvalue weighted by Crippen LogP contribution is -2.46. The van der Waals surface area contributed by atoms with Crippen LogP contribution in [0.2, 0.25) is 0 Å². The SMILES string of the molecule is N#Cc1cccc(CON=C2CCN(C(=O)NC(c3ccccc3)c3ccccc3)CC2)c1. The molecule has 3 aromatic carbocycles. The normalized spacial score (nSPS) is 13.3.